The van der Waals surface area contributed by atoms with Crippen molar-refractivity contribution in [2.45, 2.75) is 146 Å². The number of primary sulfonamides is 1. The van der Waals surface area contributed by atoms with Gasteiger partial charge in [-0.1, -0.05) is 20.8 Å². The van der Waals surface area contributed by atoms with Crippen LogP contribution < -0.4 is 10.5 Å². The maximum absolute atomic E-state index is 14.0. The summed E-state index contributed by atoms with van der Waals surface area (Å²) >= 11 is 0. The number of anilines is 1. The highest BCUT2D eigenvalue weighted by molar-refractivity contribution is 7.89. The summed E-state index contributed by atoms with van der Waals surface area (Å²) in [6.07, 6.45) is -7.66. The number of esters is 1. The fourth-order valence-electron chi connectivity index (χ4n) is 7.70. The van der Waals surface area contributed by atoms with Gasteiger partial charge in [0.1, 0.15) is 23.9 Å². The number of likely N-dealkylation sites (N-methyl/N-ethyl adjacent to an activating group) is 1. The van der Waals surface area contributed by atoms with Crippen LogP contribution in [0, 0.1) is 17.8 Å². The molecule has 8 N–H and O–H groups in total. The molecule has 2 fully saturated rings. The Hall–Kier alpha value is -2.45. The van der Waals surface area contributed by atoms with E-state index in [4.69, 9.17) is 19.3 Å². The number of nitrogens with one attached hydrogen (secondary N) is 1. The molecule has 53 heavy (non-hydrogen) atoms. The largest absolute Gasteiger partial charge is 0.459 e. The summed E-state index contributed by atoms with van der Waals surface area (Å²) < 4.78 is 41.7. The van der Waals surface area contributed by atoms with Crippen molar-refractivity contribution >= 4 is 27.7 Å². The van der Waals surface area contributed by atoms with Gasteiger partial charge in [0.2, 0.25) is 10.0 Å². The maximum atomic E-state index is 14.0. The Balaban J connectivity index is 2.09. The first-order valence-electron chi connectivity index (χ1n) is 18.2. The van der Waals surface area contributed by atoms with E-state index in [9.17, 15) is 43.5 Å². The van der Waals surface area contributed by atoms with Gasteiger partial charge in [0.15, 0.2) is 6.29 Å². The Morgan fingerprint density at radius 2 is 1.64 bits per heavy atom. The van der Waals surface area contributed by atoms with E-state index in [1.807, 2.05) is 25.9 Å². The van der Waals surface area contributed by atoms with Crippen molar-refractivity contribution in [3.8, 4) is 0 Å². The molecule has 0 aliphatic carbocycles. The number of nitrogens with two attached hydrogens (primary N) is 1. The number of hydrogen-bond acceptors (Lipinski definition) is 13. The van der Waals surface area contributed by atoms with Crippen LogP contribution in [0.4, 0.5) is 10.5 Å². The van der Waals surface area contributed by atoms with Gasteiger partial charge in [0, 0.05) is 24.2 Å². The first-order chi connectivity index (χ1) is 24.3. The van der Waals surface area contributed by atoms with Gasteiger partial charge in [0.25, 0.3) is 0 Å². The lowest BCUT2D eigenvalue weighted by molar-refractivity contribution is -0.299. The van der Waals surface area contributed by atoms with Crippen LogP contribution in [-0.4, -0.2) is 143 Å². The van der Waals surface area contributed by atoms with Gasteiger partial charge in [-0.3, -0.25) is 4.79 Å². The van der Waals surface area contributed by atoms with Crippen molar-refractivity contribution in [2.75, 3.05) is 26.0 Å². The Labute approximate surface area is 313 Å². The number of benzene rings is 1. The number of amides is 2. The molecule has 1 aromatic rings. The van der Waals surface area contributed by atoms with Gasteiger partial charge in [0.05, 0.1) is 40.8 Å². The minimum atomic E-state index is -3.99. The number of sulfonamides is 1. The van der Waals surface area contributed by atoms with Crippen LogP contribution >= 0.6 is 0 Å². The molecule has 0 radical (unpaired) electrons. The summed E-state index contributed by atoms with van der Waals surface area (Å²) in [5.74, 6) is -3.52. The van der Waals surface area contributed by atoms with Crippen molar-refractivity contribution in [3.63, 3.8) is 0 Å². The maximum Gasteiger partial charge on any atom is 0.322 e. The molecule has 0 bridgehead atoms. The topological polar surface area (TPSA) is 242 Å². The average Bonchev–Trinajstić information content (AvgIpc) is 3.06. The predicted molar refractivity (Wildman–Crippen MR) is 196 cm³/mol. The zero-order chi connectivity index (χ0) is 40.4. The van der Waals surface area contributed by atoms with Crippen LogP contribution in [-0.2, 0) is 29.0 Å². The molecule has 3 rings (SSSR count). The lowest BCUT2D eigenvalue weighted by atomic mass is 9.78. The summed E-state index contributed by atoms with van der Waals surface area (Å²) in [6.45, 7) is 12.6. The van der Waals surface area contributed by atoms with Crippen LogP contribution in [0.1, 0.15) is 74.7 Å². The van der Waals surface area contributed by atoms with E-state index in [0.29, 0.717) is 6.42 Å². The second-order valence-corrected chi connectivity index (χ2v) is 17.4. The summed E-state index contributed by atoms with van der Waals surface area (Å²) in [5, 5.41) is 66.4. The molecule has 0 saturated carbocycles. The van der Waals surface area contributed by atoms with Crippen molar-refractivity contribution in [2.24, 2.45) is 22.9 Å². The number of urea groups is 1. The molecule has 16 nitrogen and oxygen atoms in total. The third kappa shape index (κ3) is 10.7. The van der Waals surface area contributed by atoms with Gasteiger partial charge in [-0.15, -0.1) is 0 Å². The highest BCUT2D eigenvalue weighted by Gasteiger charge is 2.50. The molecule has 0 aromatic heterocycles. The molecule has 1 aromatic carbocycles. The summed E-state index contributed by atoms with van der Waals surface area (Å²) in [7, 11) is -0.341. The molecule has 0 unspecified atom stereocenters. The highest BCUT2D eigenvalue weighted by atomic mass is 32.2. The number of nitrogens with zero attached hydrogens (tertiary/aromatic N) is 2. The Bertz CT molecular complexity index is 1490. The standard InChI is InChI=1S/C36H62N4O12S/c1-11-27-36(8,47)30(43)23(6)40(34(45)38-24-12-14-25(15-13-24)53(37,48)49)18-19(2)17-35(7,46)31(21(4)28(41)22(5)32(44)51-27)52-33-29(42)26(39(9)10)16-20(3)50-33/h12-15,19-23,26-31,33,41-43,46-47H,11,16-18H2,1-10H3,(H,38,45)(H2,37,48,49)/t19-,20-,21+,22-,23-,26+,27-,28+,29-,30-,31-,33+,35-,36-/m1/s1. The quantitative estimate of drug-likeness (QED) is 0.202. The Morgan fingerprint density at radius 3 is 2.17 bits per heavy atom. The number of rotatable bonds is 6. The lowest BCUT2D eigenvalue weighted by Gasteiger charge is -2.46. The van der Waals surface area contributed by atoms with Crippen LogP contribution in [0.2, 0.25) is 0 Å². The van der Waals surface area contributed by atoms with E-state index in [0.717, 1.165) is 0 Å². The molecule has 2 amide bonds. The normalized spacial score (nSPS) is 39.9. The van der Waals surface area contributed by atoms with E-state index < -0.39 is 93.8 Å². The van der Waals surface area contributed by atoms with Crippen molar-refractivity contribution < 1.29 is 57.8 Å². The number of aliphatic hydroxyl groups is 5. The van der Waals surface area contributed by atoms with E-state index in [1.54, 1.807) is 20.8 Å². The molecular weight excluding hydrogens is 712 g/mol. The number of carbonyl (C=O) groups excluding carboxylic acids is 2. The summed E-state index contributed by atoms with van der Waals surface area (Å²) in [6, 6.07) is 2.99. The first kappa shape index (κ1) is 44.9. The molecule has 2 heterocycles. The van der Waals surface area contributed by atoms with Gasteiger partial charge < -0.3 is 54.9 Å². The first-order valence-corrected chi connectivity index (χ1v) is 19.7. The van der Waals surface area contributed by atoms with Crippen LogP contribution in [0.3, 0.4) is 0 Å². The van der Waals surface area contributed by atoms with E-state index >= 15 is 0 Å². The van der Waals surface area contributed by atoms with Crippen LogP contribution in [0.15, 0.2) is 29.2 Å². The van der Waals surface area contributed by atoms with Crippen molar-refractivity contribution in [3.05, 3.63) is 24.3 Å². The van der Waals surface area contributed by atoms with Crippen LogP contribution in [0.5, 0.6) is 0 Å². The SMILES string of the molecule is CC[C@H]1OC(=O)[C@H](C)[C@@H](O)[C@H](C)[C@@H](O[C@@H]2O[C@H](C)C[C@H](N(C)C)[C@H]2O)[C@](C)(O)C[C@@H](C)CN(C(=O)Nc2ccc(S(N)(=O)=O)cc2)[C@H](C)[C@@H](O)[C@]1(C)O. The van der Waals surface area contributed by atoms with Gasteiger partial charge in [-0.05, 0) is 98.2 Å². The molecule has 2 aliphatic heterocycles. The Morgan fingerprint density at radius 1 is 1.06 bits per heavy atom. The van der Waals surface area contributed by atoms with Crippen molar-refractivity contribution in [1.82, 2.24) is 9.80 Å². The number of carbonyl (C=O) groups is 2. The van der Waals surface area contributed by atoms with Gasteiger partial charge >= 0.3 is 12.0 Å². The van der Waals surface area contributed by atoms with Crippen LogP contribution in [0.25, 0.3) is 0 Å². The number of cyclic esters (lactones) is 1. The minimum absolute atomic E-state index is 0.0351. The summed E-state index contributed by atoms with van der Waals surface area (Å²) in [5.41, 5.74) is -3.62. The molecule has 304 valence electrons. The van der Waals surface area contributed by atoms with Crippen molar-refractivity contribution in [1.29, 1.82) is 0 Å². The smallest absolute Gasteiger partial charge is 0.322 e. The fraction of sp³-hybridized carbons (Fsp3) is 0.778. The zero-order valence-corrected chi connectivity index (χ0v) is 33.4. The second-order valence-electron chi connectivity index (χ2n) is 15.8. The monoisotopic (exact) mass is 774 g/mol. The van der Waals surface area contributed by atoms with E-state index in [-0.39, 0.29) is 42.1 Å². The molecule has 17 heteroatoms. The van der Waals surface area contributed by atoms with E-state index in [1.165, 1.54) is 56.9 Å². The number of ether oxygens (including phenoxy) is 3. The number of aliphatic hydroxyl groups excluding tert-OH is 3. The molecule has 0 spiro atoms. The van der Waals surface area contributed by atoms with E-state index in [2.05, 4.69) is 5.32 Å². The molecule has 14 atom stereocenters. The predicted octanol–water partition coefficient (Wildman–Crippen LogP) is 1.23. The zero-order valence-electron chi connectivity index (χ0n) is 32.5. The molecule has 2 saturated heterocycles. The molecular formula is C36H62N4O12S. The van der Waals surface area contributed by atoms with Gasteiger partial charge in [-0.25, -0.2) is 18.4 Å². The molecule has 2 aliphatic rings. The highest BCUT2D eigenvalue weighted by Crippen LogP contribution is 2.37. The third-order valence-corrected chi connectivity index (χ3v) is 11.8. The fourth-order valence-corrected chi connectivity index (χ4v) is 8.22. The third-order valence-electron chi connectivity index (χ3n) is 10.9. The second kappa shape index (κ2) is 17.6. The average molecular weight is 775 g/mol. The summed E-state index contributed by atoms with van der Waals surface area (Å²) in [4.78, 5) is 30.5. The Kier molecular flexibility index (Phi) is 14.9. The number of hydrogen-bond donors (Lipinski definition) is 7. The van der Waals surface area contributed by atoms with Gasteiger partial charge in [-0.2, -0.15) is 0 Å². The lowest BCUT2D eigenvalue weighted by Crippen LogP contribution is -2.61. The minimum Gasteiger partial charge on any atom is -0.459 e.